The minimum atomic E-state index is 0.307. The largest absolute Gasteiger partial charge is 0.294 e. The first-order valence-corrected chi connectivity index (χ1v) is 6.41. The molecule has 0 aliphatic heterocycles. The lowest BCUT2D eigenvalue weighted by Crippen LogP contribution is -2.17. The summed E-state index contributed by atoms with van der Waals surface area (Å²) in [5.41, 5.74) is 3.88. The van der Waals surface area contributed by atoms with Gasteiger partial charge in [0.05, 0.1) is 0 Å². The molecular formula is C16H18O. The quantitative estimate of drug-likeness (QED) is 0.711. The molecule has 1 atom stereocenters. The Morgan fingerprint density at radius 2 is 1.88 bits per heavy atom. The molecule has 1 saturated carbocycles. The third kappa shape index (κ3) is 1.56. The van der Waals surface area contributed by atoms with Crippen LogP contribution in [0.25, 0.3) is 5.57 Å². The highest BCUT2D eigenvalue weighted by Crippen LogP contribution is 2.54. The van der Waals surface area contributed by atoms with Crippen molar-refractivity contribution < 1.29 is 4.79 Å². The van der Waals surface area contributed by atoms with Gasteiger partial charge >= 0.3 is 0 Å². The molecule has 1 aromatic carbocycles. The van der Waals surface area contributed by atoms with Crippen molar-refractivity contribution in [3.8, 4) is 0 Å². The third-order valence-corrected chi connectivity index (χ3v) is 4.45. The molecule has 3 rings (SSSR count). The van der Waals surface area contributed by atoms with Gasteiger partial charge in [0, 0.05) is 12.0 Å². The van der Waals surface area contributed by atoms with E-state index < -0.39 is 0 Å². The zero-order valence-electron chi connectivity index (χ0n) is 10.5. The van der Waals surface area contributed by atoms with Crippen molar-refractivity contribution in [2.24, 2.45) is 11.3 Å². The summed E-state index contributed by atoms with van der Waals surface area (Å²) in [6.45, 7) is 4.60. The van der Waals surface area contributed by atoms with Crippen LogP contribution < -0.4 is 0 Å². The van der Waals surface area contributed by atoms with E-state index in [9.17, 15) is 4.79 Å². The van der Waals surface area contributed by atoms with Gasteiger partial charge in [-0.1, -0.05) is 49.8 Å². The molecular weight excluding hydrogens is 208 g/mol. The van der Waals surface area contributed by atoms with Gasteiger partial charge in [-0.15, -0.1) is 0 Å². The minimum absolute atomic E-state index is 0.307. The zero-order chi connectivity index (χ0) is 12.0. The SMILES string of the molecule is CC1(C)CCC2=C(c3ccccc3)C(=O)CC21. The summed E-state index contributed by atoms with van der Waals surface area (Å²) >= 11 is 0. The summed E-state index contributed by atoms with van der Waals surface area (Å²) < 4.78 is 0. The fourth-order valence-electron chi connectivity index (χ4n) is 3.39. The molecule has 88 valence electrons. The van der Waals surface area contributed by atoms with Gasteiger partial charge in [0.2, 0.25) is 0 Å². The van der Waals surface area contributed by atoms with Gasteiger partial charge in [0.25, 0.3) is 0 Å². The van der Waals surface area contributed by atoms with Crippen LogP contribution in [-0.4, -0.2) is 5.78 Å². The highest BCUT2D eigenvalue weighted by molar-refractivity contribution is 6.24. The number of ketones is 1. The van der Waals surface area contributed by atoms with Gasteiger partial charge in [-0.25, -0.2) is 0 Å². The second-order valence-corrected chi connectivity index (χ2v) is 5.93. The summed E-state index contributed by atoms with van der Waals surface area (Å²) in [6, 6.07) is 10.2. The predicted octanol–water partition coefficient (Wildman–Crippen LogP) is 3.85. The molecule has 0 bridgehead atoms. The Bertz CT molecular complexity index is 494. The Morgan fingerprint density at radius 3 is 2.59 bits per heavy atom. The van der Waals surface area contributed by atoms with Crippen LogP contribution in [0.15, 0.2) is 35.9 Å². The van der Waals surface area contributed by atoms with Gasteiger partial charge in [0.15, 0.2) is 5.78 Å². The Hall–Kier alpha value is -1.37. The molecule has 1 heteroatoms. The Morgan fingerprint density at radius 1 is 1.18 bits per heavy atom. The zero-order valence-corrected chi connectivity index (χ0v) is 10.5. The van der Waals surface area contributed by atoms with Gasteiger partial charge < -0.3 is 0 Å². The topological polar surface area (TPSA) is 17.1 Å². The smallest absolute Gasteiger partial charge is 0.164 e. The summed E-state index contributed by atoms with van der Waals surface area (Å²) in [5, 5.41) is 0. The van der Waals surface area contributed by atoms with E-state index in [2.05, 4.69) is 26.0 Å². The average molecular weight is 226 g/mol. The fraction of sp³-hybridized carbons (Fsp3) is 0.438. The molecule has 17 heavy (non-hydrogen) atoms. The van der Waals surface area contributed by atoms with Crippen LogP contribution in [0.3, 0.4) is 0 Å². The molecule has 1 unspecified atom stereocenters. The molecule has 1 nitrogen and oxygen atoms in total. The summed E-state index contributed by atoms with van der Waals surface area (Å²) in [5.74, 6) is 0.842. The monoisotopic (exact) mass is 226 g/mol. The first-order valence-electron chi connectivity index (χ1n) is 6.41. The van der Waals surface area contributed by atoms with Crippen molar-refractivity contribution in [2.45, 2.75) is 33.1 Å². The van der Waals surface area contributed by atoms with E-state index in [1.807, 2.05) is 18.2 Å². The van der Waals surface area contributed by atoms with E-state index in [1.165, 1.54) is 12.0 Å². The lowest BCUT2D eigenvalue weighted by molar-refractivity contribution is -0.114. The number of allylic oxidation sites excluding steroid dienone is 2. The first-order chi connectivity index (χ1) is 8.09. The minimum Gasteiger partial charge on any atom is -0.294 e. The molecule has 2 aliphatic carbocycles. The standard InChI is InChI=1S/C16H18O/c1-16(2)9-8-12-13(16)10-14(17)15(12)11-6-4-3-5-7-11/h3-7,13H,8-10H2,1-2H3. The number of hydrogen-bond donors (Lipinski definition) is 0. The van der Waals surface area contributed by atoms with Gasteiger partial charge in [-0.05, 0) is 29.7 Å². The molecule has 0 radical (unpaired) electrons. The molecule has 2 aliphatic rings. The first kappa shape index (κ1) is 10.8. The Kier molecular flexibility index (Phi) is 2.25. The van der Waals surface area contributed by atoms with Crippen molar-refractivity contribution in [2.75, 3.05) is 0 Å². The maximum absolute atomic E-state index is 12.2. The number of Topliss-reactive ketones (excluding diaryl/α,β-unsaturated/α-hetero) is 1. The molecule has 1 fully saturated rings. The summed E-state index contributed by atoms with van der Waals surface area (Å²) in [4.78, 5) is 12.2. The predicted molar refractivity (Wildman–Crippen MR) is 69.5 cm³/mol. The molecule has 0 aromatic heterocycles. The van der Waals surface area contributed by atoms with E-state index in [4.69, 9.17) is 0 Å². The van der Waals surface area contributed by atoms with Gasteiger partial charge in [-0.3, -0.25) is 4.79 Å². The highest BCUT2D eigenvalue weighted by atomic mass is 16.1. The van der Waals surface area contributed by atoms with Gasteiger partial charge in [-0.2, -0.15) is 0 Å². The van der Waals surface area contributed by atoms with Crippen LogP contribution in [-0.2, 0) is 4.79 Å². The van der Waals surface area contributed by atoms with E-state index in [1.54, 1.807) is 0 Å². The molecule has 1 aromatic rings. The van der Waals surface area contributed by atoms with Crippen LogP contribution in [0.2, 0.25) is 0 Å². The van der Waals surface area contributed by atoms with E-state index in [0.717, 1.165) is 24.0 Å². The van der Waals surface area contributed by atoms with Crippen LogP contribution in [0.1, 0.15) is 38.7 Å². The fourth-order valence-corrected chi connectivity index (χ4v) is 3.39. The normalized spacial score (nSPS) is 26.5. The van der Waals surface area contributed by atoms with Crippen molar-refractivity contribution in [1.82, 2.24) is 0 Å². The van der Waals surface area contributed by atoms with Gasteiger partial charge in [0.1, 0.15) is 0 Å². The molecule has 0 N–H and O–H groups in total. The lowest BCUT2D eigenvalue weighted by atomic mass is 9.80. The average Bonchev–Trinajstić information content (AvgIpc) is 2.78. The van der Waals surface area contributed by atoms with Crippen molar-refractivity contribution in [1.29, 1.82) is 0 Å². The number of carbonyl (C=O) groups is 1. The Balaban J connectivity index is 2.11. The molecule has 0 saturated heterocycles. The van der Waals surface area contributed by atoms with E-state index in [0.29, 0.717) is 17.1 Å². The number of hydrogen-bond acceptors (Lipinski definition) is 1. The lowest BCUT2D eigenvalue weighted by Gasteiger charge is -2.23. The second-order valence-electron chi connectivity index (χ2n) is 5.93. The van der Waals surface area contributed by atoms with Crippen LogP contribution in [0, 0.1) is 11.3 Å². The summed E-state index contributed by atoms with van der Waals surface area (Å²) in [6.07, 6.45) is 3.05. The summed E-state index contributed by atoms with van der Waals surface area (Å²) in [7, 11) is 0. The van der Waals surface area contributed by atoms with Crippen molar-refractivity contribution in [3.63, 3.8) is 0 Å². The highest BCUT2D eigenvalue weighted by Gasteiger charge is 2.45. The van der Waals surface area contributed by atoms with E-state index in [-0.39, 0.29) is 0 Å². The Labute approximate surface area is 103 Å². The van der Waals surface area contributed by atoms with E-state index >= 15 is 0 Å². The van der Waals surface area contributed by atoms with Crippen molar-refractivity contribution in [3.05, 3.63) is 41.5 Å². The maximum Gasteiger partial charge on any atom is 0.164 e. The second kappa shape index (κ2) is 3.56. The molecule has 0 amide bonds. The van der Waals surface area contributed by atoms with Crippen LogP contribution >= 0.6 is 0 Å². The van der Waals surface area contributed by atoms with Crippen LogP contribution in [0.4, 0.5) is 0 Å². The number of carbonyl (C=O) groups excluding carboxylic acids is 1. The maximum atomic E-state index is 12.2. The third-order valence-electron chi connectivity index (χ3n) is 4.45. The van der Waals surface area contributed by atoms with Crippen LogP contribution in [0.5, 0.6) is 0 Å². The number of rotatable bonds is 1. The van der Waals surface area contributed by atoms with Crippen molar-refractivity contribution >= 4 is 11.4 Å². The number of benzene rings is 1. The number of fused-ring (bicyclic) bond motifs is 1. The molecule has 0 spiro atoms. The molecule has 0 heterocycles.